The Hall–Kier alpha value is -1.88. The molecule has 0 bridgehead atoms. The number of rotatable bonds is 4. The van der Waals surface area contributed by atoms with Crippen molar-refractivity contribution < 1.29 is 23.0 Å². The van der Waals surface area contributed by atoms with Crippen LogP contribution in [0.25, 0.3) is 0 Å². The van der Waals surface area contributed by atoms with Gasteiger partial charge in [-0.25, -0.2) is 0 Å². The molecular formula is C12H10F2O3. The Bertz CT molecular complexity index is 468. The van der Waals surface area contributed by atoms with E-state index in [1.54, 1.807) is 18.2 Å². The van der Waals surface area contributed by atoms with Crippen LogP contribution >= 0.6 is 0 Å². The standard InChI is InChI=1S/C12H10F2O3/c13-12(14)17-10-4-2-1-3-9(10)11(15)8-5-6-16-7-8/h1-7,11-12,15H. The second-order valence-electron chi connectivity index (χ2n) is 3.38. The summed E-state index contributed by atoms with van der Waals surface area (Å²) in [5, 5.41) is 9.99. The molecule has 0 aliphatic carbocycles. The highest BCUT2D eigenvalue weighted by atomic mass is 19.3. The molecule has 1 heterocycles. The van der Waals surface area contributed by atoms with Crippen molar-refractivity contribution in [2.24, 2.45) is 0 Å². The van der Waals surface area contributed by atoms with Crippen molar-refractivity contribution in [2.75, 3.05) is 0 Å². The number of aliphatic hydroxyl groups is 1. The van der Waals surface area contributed by atoms with E-state index in [2.05, 4.69) is 4.74 Å². The number of aliphatic hydroxyl groups excluding tert-OH is 1. The van der Waals surface area contributed by atoms with Crippen LogP contribution in [-0.2, 0) is 0 Å². The topological polar surface area (TPSA) is 42.6 Å². The van der Waals surface area contributed by atoms with E-state index in [4.69, 9.17) is 4.42 Å². The molecule has 1 aromatic heterocycles. The van der Waals surface area contributed by atoms with Crippen LogP contribution < -0.4 is 4.74 Å². The number of furan rings is 1. The normalized spacial score (nSPS) is 12.7. The van der Waals surface area contributed by atoms with E-state index in [-0.39, 0.29) is 11.3 Å². The van der Waals surface area contributed by atoms with Gasteiger partial charge in [-0.2, -0.15) is 8.78 Å². The largest absolute Gasteiger partial charge is 0.472 e. The van der Waals surface area contributed by atoms with Crippen LogP contribution in [0.3, 0.4) is 0 Å². The third-order valence-electron chi connectivity index (χ3n) is 2.29. The molecule has 0 aliphatic heterocycles. The molecule has 2 rings (SSSR count). The number of ether oxygens (including phenoxy) is 1. The van der Waals surface area contributed by atoms with Crippen LogP contribution in [0.4, 0.5) is 8.78 Å². The van der Waals surface area contributed by atoms with E-state index in [9.17, 15) is 13.9 Å². The van der Waals surface area contributed by atoms with Crippen molar-refractivity contribution >= 4 is 0 Å². The van der Waals surface area contributed by atoms with Gasteiger partial charge in [0, 0.05) is 11.1 Å². The second kappa shape index (κ2) is 4.97. The molecule has 2 aromatic rings. The summed E-state index contributed by atoms with van der Waals surface area (Å²) in [6, 6.07) is 7.66. The lowest BCUT2D eigenvalue weighted by Crippen LogP contribution is -2.07. The van der Waals surface area contributed by atoms with Crippen molar-refractivity contribution in [1.82, 2.24) is 0 Å². The number of hydrogen-bond acceptors (Lipinski definition) is 3. The molecular weight excluding hydrogens is 230 g/mol. The Morgan fingerprint density at radius 2 is 1.94 bits per heavy atom. The predicted octanol–water partition coefficient (Wildman–Crippen LogP) is 2.96. The number of alkyl halides is 2. The first-order valence-corrected chi connectivity index (χ1v) is 4.92. The zero-order chi connectivity index (χ0) is 12.3. The maximum absolute atomic E-state index is 12.2. The minimum absolute atomic E-state index is 0.0452. The lowest BCUT2D eigenvalue weighted by Gasteiger charge is -2.14. The van der Waals surface area contributed by atoms with Crippen LogP contribution in [0.15, 0.2) is 47.3 Å². The highest BCUT2D eigenvalue weighted by molar-refractivity contribution is 5.39. The zero-order valence-electron chi connectivity index (χ0n) is 8.72. The third-order valence-corrected chi connectivity index (χ3v) is 2.29. The lowest BCUT2D eigenvalue weighted by atomic mass is 10.0. The van der Waals surface area contributed by atoms with Gasteiger partial charge < -0.3 is 14.3 Å². The van der Waals surface area contributed by atoms with E-state index < -0.39 is 12.7 Å². The number of hydrogen-bond donors (Lipinski definition) is 1. The summed E-state index contributed by atoms with van der Waals surface area (Å²) in [6.45, 7) is -2.92. The fraction of sp³-hybridized carbons (Fsp3) is 0.167. The summed E-state index contributed by atoms with van der Waals surface area (Å²) in [4.78, 5) is 0. The lowest BCUT2D eigenvalue weighted by molar-refractivity contribution is -0.0512. The van der Waals surface area contributed by atoms with Gasteiger partial charge in [0.2, 0.25) is 0 Å². The Morgan fingerprint density at radius 1 is 1.18 bits per heavy atom. The average molecular weight is 240 g/mol. The van der Waals surface area contributed by atoms with E-state index in [1.807, 2.05) is 0 Å². The smallest absolute Gasteiger partial charge is 0.387 e. The Kier molecular flexibility index (Phi) is 3.39. The summed E-state index contributed by atoms with van der Waals surface area (Å²) < 4.78 is 33.5. The van der Waals surface area contributed by atoms with Crippen LogP contribution in [0.1, 0.15) is 17.2 Å². The molecule has 0 amide bonds. The van der Waals surface area contributed by atoms with Crippen LogP contribution in [0, 0.1) is 0 Å². The second-order valence-corrected chi connectivity index (χ2v) is 3.38. The monoisotopic (exact) mass is 240 g/mol. The van der Waals surface area contributed by atoms with Crippen molar-refractivity contribution in [3.05, 3.63) is 54.0 Å². The highest BCUT2D eigenvalue weighted by Crippen LogP contribution is 2.30. The van der Waals surface area contributed by atoms with E-state index in [1.165, 1.54) is 24.7 Å². The number of benzene rings is 1. The first-order chi connectivity index (χ1) is 8.18. The first kappa shape index (κ1) is 11.6. The molecule has 5 heteroatoms. The quantitative estimate of drug-likeness (QED) is 0.893. The number of halogens is 2. The van der Waals surface area contributed by atoms with Gasteiger partial charge >= 0.3 is 6.61 Å². The Morgan fingerprint density at radius 3 is 2.59 bits per heavy atom. The van der Waals surface area contributed by atoms with Crippen LogP contribution in [-0.4, -0.2) is 11.7 Å². The van der Waals surface area contributed by atoms with E-state index in [0.717, 1.165) is 0 Å². The molecule has 1 aromatic carbocycles. The minimum atomic E-state index is -2.92. The molecule has 0 radical (unpaired) electrons. The number of para-hydroxylation sites is 1. The highest BCUT2D eigenvalue weighted by Gasteiger charge is 2.18. The van der Waals surface area contributed by atoms with Gasteiger partial charge in [-0.3, -0.25) is 0 Å². The van der Waals surface area contributed by atoms with Gasteiger partial charge in [-0.05, 0) is 12.1 Å². The summed E-state index contributed by atoms with van der Waals surface area (Å²) in [7, 11) is 0. The third kappa shape index (κ3) is 2.62. The van der Waals surface area contributed by atoms with Crippen molar-refractivity contribution in [2.45, 2.75) is 12.7 Å². The molecule has 0 saturated heterocycles. The maximum Gasteiger partial charge on any atom is 0.387 e. The average Bonchev–Trinajstić information content (AvgIpc) is 2.81. The molecule has 17 heavy (non-hydrogen) atoms. The van der Waals surface area contributed by atoms with Gasteiger partial charge in [0.05, 0.1) is 12.5 Å². The summed E-state index contributed by atoms with van der Waals surface area (Å²) in [5.74, 6) is -0.0452. The van der Waals surface area contributed by atoms with Gasteiger partial charge in [0.1, 0.15) is 11.9 Å². The summed E-state index contributed by atoms with van der Waals surface area (Å²) in [6.07, 6.45) is 1.70. The fourth-order valence-corrected chi connectivity index (χ4v) is 1.52. The van der Waals surface area contributed by atoms with Gasteiger partial charge in [0.25, 0.3) is 0 Å². The van der Waals surface area contributed by atoms with Gasteiger partial charge in [-0.1, -0.05) is 18.2 Å². The zero-order valence-corrected chi connectivity index (χ0v) is 8.72. The molecule has 0 spiro atoms. The molecule has 1 unspecified atom stereocenters. The Labute approximate surface area is 96.3 Å². The van der Waals surface area contributed by atoms with Crippen molar-refractivity contribution in [3.63, 3.8) is 0 Å². The fourth-order valence-electron chi connectivity index (χ4n) is 1.52. The molecule has 3 nitrogen and oxygen atoms in total. The molecule has 0 fully saturated rings. The minimum Gasteiger partial charge on any atom is -0.472 e. The van der Waals surface area contributed by atoms with Crippen molar-refractivity contribution in [1.29, 1.82) is 0 Å². The van der Waals surface area contributed by atoms with Crippen LogP contribution in [0.2, 0.25) is 0 Å². The van der Waals surface area contributed by atoms with Gasteiger partial charge in [-0.15, -0.1) is 0 Å². The van der Waals surface area contributed by atoms with Crippen LogP contribution in [0.5, 0.6) is 5.75 Å². The maximum atomic E-state index is 12.2. The SMILES string of the molecule is OC(c1ccoc1)c1ccccc1OC(F)F. The van der Waals surface area contributed by atoms with Gasteiger partial charge in [0.15, 0.2) is 0 Å². The summed E-state index contributed by atoms with van der Waals surface area (Å²) >= 11 is 0. The predicted molar refractivity (Wildman–Crippen MR) is 55.8 cm³/mol. The molecule has 1 atom stereocenters. The summed E-state index contributed by atoms with van der Waals surface area (Å²) in [5.41, 5.74) is 0.754. The molecule has 1 N–H and O–H groups in total. The van der Waals surface area contributed by atoms with E-state index >= 15 is 0 Å². The first-order valence-electron chi connectivity index (χ1n) is 4.92. The van der Waals surface area contributed by atoms with Crippen molar-refractivity contribution in [3.8, 4) is 5.75 Å². The molecule has 90 valence electrons. The Balaban J connectivity index is 2.31. The molecule has 0 saturated carbocycles. The molecule has 0 aliphatic rings. The van der Waals surface area contributed by atoms with E-state index in [0.29, 0.717) is 5.56 Å².